The minimum absolute atomic E-state index is 0.129. The van der Waals surface area contributed by atoms with E-state index in [4.69, 9.17) is 17.3 Å². The zero-order valence-electron chi connectivity index (χ0n) is 17.3. The molecule has 2 aromatic carbocycles. The molecule has 10 nitrogen and oxygen atoms in total. The Morgan fingerprint density at radius 2 is 1.88 bits per heavy atom. The van der Waals surface area contributed by atoms with Crippen molar-refractivity contribution in [1.82, 2.24) is 19.5 Å². The molecule has 0 aliphatic heterocycles. The number of nitro groups is 1. The molecule has 3 N–H and O–H groups in total. The molecule has 164 valence electrons. The van der Waals surface area contributed by atoms with Gasteiger partial charge in [0.25, 0.3) is 5.56 Å². The Bertz CT molecular complexity index is 1330. The summed E-state index contributed by atoms with van der Waals surface area (Å²) in [6, 6.07) is 14.7. The topological polar surface area (TPSA) is 142 Å². The lowest BCUT2D eigenvalue weighted by Gasteiger charge is -2.11. The molecule has 0 fully saturated rings. The Morgan fingerprint density at radius 3 is 2.53 bits per heavy atom. The van der Waals surface area contributed by atoms with Gasteiger partial charge in [0.1, 0.15) is 12.2 Å². The summed E-state index contributed by atoms with van der Waals surface area (Å²) in [6.45, 7) is 4.16. The van der Waals surface area contributed by atoms with Gasteiger partial charge in [-0.1, -0.05) is 35.9 Å². The summed E-state index contributed by atoms with van der Waals surface area (Å²) in [5.74, 6) is 0.668. The maximum Gasteiger partial charge on any atom is 0.352 e. The largest absolute Gasteiger partial charge is 0.378 e. The van der Waals surface area contributed by atoms with Gasteiger partial charge in [-0.2, -0.15) is 0 Å². The molecule has 0 atom stereocenters. The summed E-state index contributed by atoms with van der Waals surface area (Å²) in [7, 11) is 0. The molecule has 0 saturated heterocycles. The molecule has 11 heteroatoms. The molecule has 4 rings (SSSR count). The van der Waals surface area contributed by atoms with Crippen molar-refractivity contribution in [3.05, 3.63) is 86.2 Å². The van der Waals surface area contributed by atoms with Gasteiger partial charge in [-0.25, -0.2) is 15.0 Å². The van der Waals surface area contributed by atoms with Gasteiger partial charge >= 0.3 is 5.69 Å². The Labute approximate surface area is 187 Å². The first kappa shape index (κ1) is 22.6. The van der Waals surface area contributed by atoms with Crippen LogP contribution in [0.2, 0.25) is 5.02 Å². The number of rotatable bonds is 4. The monoisotopic (exact) mass is 453 g/mol. The van der Waals surface area contributed by atoms with Crippen molar-refractivity contribution in [1.29, 1.82) is 0 Å². The second-order valence-corrected chi connectivity index (χ2v) is 6.92. The maximum absolute atomic E-state index is 12.6. The van der Waals surface area contributed by atoms with Crippen molar-refractivity contribution < 1.29 is 4.92 Å². The highest BCUT2D eigenvalue weighted by Crippen LogP contribution is 2.25. The quantitative estimate of drug-likeness (QED) is 0.351. The van der Waals surface area contributed by atoms with E-state index in [-0.39, 0.29) is 22.9 Å². The Balaban J connectivity index is 0.000000195. The van der Waals surface area contributed by atoms with Crippen LogP contribution in [0.1, 0.15) is 12.7 Å². The van der Waals surface area contributed by atoms with E-state index in [0.29, 0.717) is 28.3 Å². The van der Waals surface area contributed by atoms with Gasteiger partial charge in [-0.05, 0) is 38.1 Å². The summed E-state index contributed by atoms with van der Waals surface area (Å²) in [5.41, 5.74) is 6.32. The van der Waals surface area contributed by atoms with E-state index in [1.165, 1.54) is 6.33 Å². The van der Waals surface area contributed by atoms with E-state index in [1.807, 2.05) is 44.2 Å². The average molecular weight is 454 g/mol. The lowest BCUT2D eigenvalue weighted by molar-refractivity contribution is -0.383. The summed E-state index contributed by atoms with van der Waals surface area (Å²) < 4.78 is 1.58. The Hall–Kier alpha value is -4.05. The van der Waals surface area contributed by atoms with Crippen LogP contribution < -0.4 is 16.6 Å². The predicted octanol–water partition coefficient (Wildman–Crippen LogP) is 3.75. The normalized spacial score (nSPS) is 10.3. The van der Waals surface area contributed by atoms with Crippen molar-refractivity contribution in [3.8, 4) is 5.69 Å². The first-order valence-electron chi connectivity index (χ1n) is 9.57. The van der Waals surface area contributed by atoms with Crippen LogP contribution in [-0.4, -0.2) is 31.0 Å². The fourth-order valence-corrected chi connectivity index (χ4v) is 3.30. The molecule has 0 aliphatic rings. The van der Waals surface area contributed by atoms with Crippen molar-refractivity contribution in [2.24, 2.45) is 0 Å². The molecule has 0 bridgehead atoms. The Morgan fingerprint density at radius 1 is 1.16 bits per heavy atom. The number of aromatic nitrogens is 4. The molecule has 0 amide bonds. The van der Waals surface area contributed by atoms with Crippen LogP contribution in [0, 0.1) is 17.0 Å². The molecule has 2 heterocycles. The average Bonchev–Trinajstić information content (AvgIpc) is 2.75. The molecule has 4 aromatic rings. The molecular formula is C21H20ClN7O3. The third-order valence-electron chi connectivity index (χ3n) is 4.41. The third kappa shape index (κ3) is 4.65. The van der Waals surface area contributed by atoms with E-state index in [9.17, 15) is 14.9 Å². The molecule has 0 spiro atoms. The van der Waals surface area contributed by atoms with Gasteiger partial charge in [0.15, 0.2) is 0 Å². The smallest absolute Gasteiger partial charge is 0.352 e. The zero-order chi connectivity index (χ0) is 23.3. The predicted molar refractivity (Wildman–Crippen MR) is 124 cm³/mol. The number of nitrogen functional groups attached to an aromatic ring is 1. The van der Waals surface area contributed by atoms with Crippen molar-refractivity contribution in [3.63, 3.8) is 0 Å². The number of nitrogens with one attached hydrogen (secondary N) is 1. The van der Waals surface area contributed by atoms with Crippen molar-refractivity contribution in [2.75, 3.05) is 17.6 Å². The van der Waals surface area contributed by atoms with E-state index < -0.39 is 4.92 Å². The lowest BCUT2D eigenvalue weighted by atomic mass is 10.2. The summed E-state index contributed by atoms with van der Waals surface area (Å²) in [6.07, 6.45) is 1.18. The van der Waals surface area contributed by atoms with Crippen LogP contribution in [0.4, 0.5) is 17.3 Å². The number of fused-ring (bicyclic) bond motifs is 1. The number of benzene rings is 2. The van der Waals surface area contributed by atoms with Crippen LogP contribution in [0.25, 0.3) is 16.6 Å². The summed E-state index contributed by atoms with van der Waals surface area (Å²) in [4.78, 5) is 34.2. The number of hydrogen-bond acceptors (Lipinski definition) is 8. The molecule has 2 aromatic heterocycles. The number of para-hydroxylation sites is 1. The van der Waals surface area contributed by atoms with E-state index in [0.717, 1.165) is 5.69 Å². The van der Waals surface area contributed by atoms with Crippen LogP contribution in [0.5, 0.6) is 0 Å². The molecule has 0 saturated carbocycles. The highest BCUT2D eigenvalue weighted by Gasteiger charge is 2.19. The number of nitrogens with zero attached hydrogens (tertiary/aromatic N) is 5. The zero-order valence-corrected chi connectivity index (χ0v) is 18.1. The molecule has 0 aliphatic carbocycles. The highest BCUT2D eigenvalue weighted by molar-refractivity contribution is 6.35. The number of hydrogen-bond donors (Lipinski definition) is 2. The minimum Gasteiger partial charge on any atom is -0.378 e. The molecule has 0 unspecified atom stereocenters. The third-order valence-corrected chi connectivity index (χ3v) is 4.72. The first-order valence-corrected chi connectivity index (χ1v) is 9.95. The standard InChI is InChI=1S/C15H11ClN2O.C6H9N5O2/c1-10-17-13-9-5-8-12(16)14(13)15(19)18(10)11-6-3-2-4-7-11;1-2-8-6-4(11(12)13)5(7)9-3-10-6/h2-9H,1H3;3H,2H2,1H3,(H3,7,8,9,10). The van der Waals surface area contributed by atoms with Crippen molar-refractivity contribution >= 4 is 39.8 Å². The van der Waals surface area contributed by atoms with E-state index >= 15 is 0 Å². The van der Waals surface area contributed by atoms with Gasteiger partial charge in [0, 0.05) is 6.54 Å². The molecule has 0 radical (unpaired) electrons. The number of halogens is 1. The summed E-state index contributed by atoms with van der Waals surface area (Å²) in [5, 5.41) is 14.1. The van der Waals surface area contributed by atoms with Crippen LogP contribution in [0.3, 0.4) is 0 Å². The molecular weight excluding hydrogens is 434 g/mol. The van der Waals surface area contributed by atoms with Gasteiger partial charge < -0.3 is 11.1 Å². The first-order chi connectivity index (χ1) is 15.3. The van der Waals surface area contributed by atoms with Crippen LogP contribution in [0.15, 0.2) is 59.7 Å². The van der Waals surface area contributed by atoms with Gasteiger partial charge in [-0.15, -0.1) is 0 Å². The van der Waals surface area contributed by atoms with E-state index in [1.54, 1.807) is 22.8 Å². The SMILES string of the molecule is CCNc1ncnc(N)c1[N+](=O)[O-].Cc1nc2cccc(Cl)c2c(=O)n1-c1ccccc1. The van der Waals surface area contributed by atoms with E-state index in [2.05, 4.69) is 20.3 Å². The second-order valence-electron chi connectivity index (χ2n) is 6.51. The van der Waals surface area contributed by atoms with Gasteiger partial charge in [0.05, 0.1) is 26.5 Å². The van der Waals surface area contributed by atoms with Gasteiger partial charge in [0.2, 0.25) is 11.6 Å². The highest BCUT2D eigenvalue weighted by atomic mass is 35.5. The number of anilines is 2. The molecule has 32 heavy (non-hydrogen) atoms. The number of nitrogens with two attached hydrogens (primary N) is 1. The fourth-order valence-electron chi connectivity index (χ4n) is 3.05. The summed E-state index contributed by atoms with van der Waals surface area (Å²) >= 11 is 6.12. The fraction of sp³-hybridized carbons (Fsp3) is 0.143. The van der Waals surface area contributed by atoms with Gasteiger partial charge in [-0.3, -0.25) is 19.5 Å². The Kier molecular flexibility index (Phi) is 6.96. The lowest BCUT2D eigenvalue weighted by Crippen LogP contribution is -2.22. The van der Waals surface area contributed by atoms with Crippen LogP contribution in [-0.2, 0) is 0 Å². The van der Waals surface area contributed by atoms with Crippen LogP contribution >= 0.6 is 11.6 Å². The van der Waals surface area contributed by atoms with Crippen molar-refractivity contribution in [2.45, 2.75) is 13.8 Å². The minimum atomic E-state index is -0.604. The number of aryl methyl sites for hydroxylation is 1. The second kappa shape index (κ2) is 9.84. The maximum atomic E-state index is 12.6.